The molecule has 160 valence electrons. The SMILES string of the molecule is CCN/C(C(=O)O)=C(/C)C(=N)c1ccc(OCc2c(C)cccc2N(C)N)c(C)c1. The number of carbonyl (C=O) groups is 1. The molecule has 2 rings (SSSR count). The van der Waals surface area contributed by atoms with Gasteiger partial charge in [0.2, 0.25) is 0 Å². The molecule has 0 aromatic heterocycles. The highest BCUT2D eigenvalue weighted by atomic mass is 16.5. The summed E-state index contributed by atoms with van der Waals surface area (Å²) in [4.78, 5) is 11.5. The maximum atomic E-state index is 11.5. The maximum Gasteiger partial charge on any atom is 0.352 e. The Morgan fingerprint density at radius 2 is 1.93 bits per heavy atom. The molecule has 0 saturated carbocycles. The average Bonchev–Trinajstić information content (AvgIpc) is 2.70. The summed E-state index contributed by atoms with van der Waals surface area (Å²) in [6.07, 6.45) is 0. The number of carboxylic acid groups (broad SMARTS) is 1. The van der Waals surface area contributed by atoms with Crippen molar-refractivity contribution >= 4 is 17.4 Å². The van der Waals surface area contributed by atoms with Crippen molar-refractivity contribution in [2.24, 2.45) is 5.84 Å². The van der Waals surface area contributed by atoms with Crippen LogP contribution in [-0.4, -0.2) is 30.4 Å². The van der Waals surface area contributed by atoms with E-state index in [0.29, 0.717) is 30.0 Å². The van der Waals surface area contributed by atoms with E-state index in [2.05, 4.69) is 5.32 Å². The molecule has 7 nitrogen and oxygen atoms in total. The molecular formula is C23H30N4O3. The molecule has 0 fully saturated rings. The van der Waals surface area contributed by atoms with Crippen LogP contribution < -0.4 is 20.9 Å². The molecule has 0 amide bonds. The Morgan fingerprint density at radius 1 is 1.23 bits per heavy atom. The second-order valence-electron chi connectivity index (χ2n) is 7.16. The van der Waals surface area contributed by atoms with Crippen LogP contribution in [0.1, 0.15) is 36.1 Å². The van der Waals surface area contributed by atoms with Gasteiger partial charge in [0.15, 0.2) is 0 Å². The number of allylic oxidation sites excluding steroid dienone is 1. The zero-order chi connectivity index (χ0) is 22.4. The van der Waals surface area contributed by atoms with Crippen molar-refractivity contribution in [1.82, 2.24) is 5.32 Å². The first-order valence-electron chi connectivity index (χ1n) is 9.75. The number of hydrogen-bond donors (Lipinski definition) is 4. The van der Waals surface area contributed by atoms with Gasteiger partial charge in [0, 0.05) is 30.3 Å². The number of benzene rings is 2. The molecular weight excluding hydrogens is 380 g/mol. The summed E-state index contributed by atoms with van der Waals surface area (Å²) in [7, 11) is 1.79. The van der Waals surface area contributed by atoms with E-state index in [1.165, 1.54) is 0 Å². The van der Waals surface area contributed by atoms with Crippen LogP contribution in [0.5, 0.6) is 5.75 Å². The first-order chi connectivity index (χ1) is 14.2. The minimum atomic E-state index is -1.07. The number of anilines is 1. The molecule has 2 aromatic rings. The topological polar surface area (TPSA) is 112 Å². The van der Waals surface area contributed by atoms with Gasteiger partial charge in [-0.15, -0.1) is 0 Å². The number of aliphatic carboxylic acids is 1. The van der Waals surface area contributed by atoms with Crippen molar-refractivity contribution in [3.05, 3.63) is 69.9 Å². The quantitative estimate of drug-likeness (QED) is 0.218. The van der Waals surface area contributed by atoms with Crippen LogP contribution in [0, 0.1) is 19.3 Å². The third-order valence-corrected chi connectivity index (χ3v) is 4.92. The number of aryl methyl sites for hydroxylation is 2. The fourth-order valence-electron chi connectivity index (χ4n) is 3.21. The van der Waals surface area contributed by atoms with Gasteiger partial charge in [0.05, 0.1) is 11.4 Å². The van der Waals surface area contributed by atoms with Crippen LogP contribution in [0.25, 0.3) is 0 Å². The maximum absolute atomic E-state index is 11.5. The summed E-state index contributed by atoms with van der Waals surface area (Å²) in [5.41, 5.74) is 5.08. The standard InChI is InChI=1S/C23H30N4O3/c1-6-26-22(23(28)29)16(4)21(24)17-10-11-20(15(3)12-17)30-13-18-14(2)8-7-9-19(18)27(5)25/h7-12,24,26H,6,13,25H2,1-5H3,(H,28,29)/b22-16-,24-21?. The molecule has 0 saturated heterocycles. The van der Waals surface area contributed by atoms with Crippen LogP contribution in [0.2, 0.25) is 0 Å². The molecule has 0 unspecified atom stereocenters. The third kappa shape index (κ3) is 5.18. The van der Waals surface area contributed by atoms with Crippen molar-refractivity contribution in [3.63, 3.8) is 0 Å². The van der Waals surface area contributed by atoms with Gasteiger partial charge in [-0.3, -0.25) is 5.41 Å². The fourth-order valence-corrected chi connectivity index (χ4v) is 3.21. The van der Waals surface area contributed by atoms with Gasteiger partial charge >= 0.3 is 5.97 Å². The molecule has 7 heteroatoms. The second kappa shape index (κ2) is 9.93. The van der Waals surface area contributed by atoms with Crippen LogP contribution in [0.3, 0.4) is 0 Å². The summed E-state index contributed by atoms with van der Waals surface area (Å²) < 4.78 is 6.04. The summed E-state index contributed by atoms with van der Waals surface area (Å²) >= 11 is 0. The van der Waals surface area contributed by atoms with E-state index in [1.54, 1.807) is 25.0 Å². The largest absolute Gasteiger partial charge is 0.489 e. The van der Waals surface area contributed by atoms with E-state index in [0.717, 1.165) is 22.4 Å². The lowest BCUT2D eigenvalue weighted by atomic mass is 9.99. The van der Waals surface area contributed by atoms with Crippen LogP contribution in [-0.2, 0) is 11.4 Å². The number of nitrogens with one attached hydrogen (secondary N) is 2. The van der Waals surface area contributed by atoms with Crippen molar-refractivity contribution in [2.75, 3.05) is 18.6 Å². The molecule has 0 atom stereocenters. The zero-order valence-corrected chi connectivity index (χ0v) is 18.2. The normalized spacial score (nSPS) is 11.5. The third-order valence-electron chi connectivity index (χ3n) is 4.92. The summed E-state index contributed by atoms with van der Waals surface area (Å²) in [6.45, 7) is 8.21. The number of nitrogens with two attached hydrogens (primary N) is 1. The Hall–Kier alpha value is -3.32. The fraction of sp³-hybridized carbons (Fsp3) is 0.304. The van der Waals surface area contributed by atoms with Gasteiger partial charge < -0.3 is 20.2 Å². The molecule has 2 aromatic carbocycles. The van der Waals surface area contributed by atoms with Crippen molar-refractivity contribution in [2.45, 2.75) is 34.3 Å². The lowest BCUT2D eigenvalue weighted by Gasteiger charge is -2.20. The van der Waals surface area contributed by atoms with Gasteiger partial charge in [-0.05, 0) is 63.1 Å². The Labute approximate surface area is 177 Å². The molecule has 0 radical (unpaired) electrons. The van der Waals surface area contributed by atoms with E-state index in [9.17, 15) is 9.90 Å². The molecule has 5 N–H and O–H groups in total. The van der Waals surface area contributed by atoms with Crippen molar-refractivity contribution in [3.8, 4) is 5.75 Å². The van der Waals surface area contributed by atoms with Crippen molar-refractivity contribution in [1.29, 1.82) is 5.41 Å². The van der Waals surface area contributed by atoms with Gasteiger partial charge in [-0.1, -0.05) is 12.1 Å². The molecule has 0 heterocycles. The molecule has 0 aliphatic heterocycles. The van der Waals surface area contributed by atoms with Crippen LogP contribution in [0.4, 0.5) is 5.69 Å². The number of nitrogens with zero attached hydrogens (tertiary/aromatic N) is 1. The molecule has 0 spiro atoms. The number of hydrazine groups is 1. The van der Waals surface area contributed by atoms with Gasteiger partial charge in [-0.25, -0.2) is 10.6 Å². The predicted molar refractivity (Wildman–Crippen MR) is 120 cm³/mol. The van der Waals surface area contributed by atoms with Gasteiger partial charge in [-0.2, -0.15) is 0 Å². The highest BCUT2D eigenvalue weighted by molar-refractivity contribution is 6.13. The number of rotatable bonds is 9. The van der Waals surface area contributed by atoms with E-state index in [-0.39, 0.29) is 11.4 Å². The van der Waals surface area contributed by atoms with Gasteiger partial charge in [0.25, 0.3) is 0 Å². The predicted octanol–water partition coefficient (Wildman–Crippen LogP) is 3.53. The Balaban J connectivity index is 2.26. The minimum Gasteiger partial charge on any atom is -0.489 e. The zero-order valence-electron chi connectivity index (χ0n) is 18.2. The minimum absolute atomic E-state index is 0.0402. The number of likely N-dealkylation sites (N-methyl/N-ethyl adjacent to an activating group) is 1. The lowest BCUT2D eigenvalue weighted by molar-refractivity contribution is -0.133. The smallest absolute Gasteiger partial charge is 0.352 e. The molecule has 0 aliphatic rings. The van der Waals surface area contributed by atoms with Gasteiger partial charge in [0.1, 0.15) is 18.1 Å². The second-order valence-corrected chi connectivity index (χ2v) is 7.16. The van der Waals surface area contributed by atoms with E-state index < -0.39 is 5.97 Å². The Morgan fingerprint density at radius 3 is 2.50 bits per heavy atom. The first-order valence-corrected chi connectivity index (χ1v) is 9.75. The lowest BCUT2D eigenvalue weighted by Crippen LogP contribution is -2.26. The molecule has 0 bridgehead atoms. The Bertz CT molecular complexity index is 980. The van der Waals surface area contributed by atoms with Crippen LogP contribution in [0.15, 0.2) is 47.7 Å². The average molecular weight is 411 g/mol. The number of hydrogen-bond acceptors (Lipinski definition) is 6. The van der Waals surface area contributed by atoms with E-state index >= 15 is 0 Å². The summed E-state index contributed by atoms with van der Waals surface area (Å²) in [5.74, 6) is 5.56. The highest BCUT2D eigenvalue weighted by Gasteiger charge is 2.16. The summed E-state index contributed by atoms with van der Waals surface area (Å²) in [6, 6.07) is 11.3. The van der Waals surface area contributed by atoms with Crippen LogP contribution >= 0.6 is 0 Å². The number of ether oxygens (including phenoxy) is 1. The Kier molecular flexibility index (Phi) is 7.60. The summed E-state index contributed by atoms with van der Waals surface area (Å²) in [5, 5.41) is 22.2. The number of carboxylic acids is 1. The van der Waals surface area contributed by atoms with E-state index in [4.69, 9.17) is 16.0 Å². The van der Waals surface area contributed by atoms with E-state index in [1.807, 2.05) is 51.1 Å². The highest BCUT2D eigenvalue weighted by Crippen LogP contribution is 2.26. The monoisotopic (exact) mass is 410 g/mol. The molecule has 0 aliphatic carbocycles. The van der Waals surface area contributed by atoms with Crippen molar-refractivity contribution < 1.29 is 14.6 Å². The first kappa shape index (κ1) is 23.0. The molecule has 30 heavy (non-hydrogen) atoms.